The third-order valence-electron chi connectivity index (χ3n) is 5.52. The number of likely N-dealkylation sites (tertiary alicyclic amines) is 1. The number of nitrogens with zero attached hydrogens (tertiary/aromatic N) is 3. The minimum absolute atomic E-state index is 0.115. The highest BCUT2D eigenvalue weighted by atomic mass is 16.5. The van der Waals surface area contributed by atoms with Gasteiger partial charge in [-0.15, -0.1) is 0 Å². The third kappa shape index (κ3) is 5.42. The maximum Gasteiger partial charge on any atom is 0.317 e. The molecule has 1 aliphatic heterocycles. The largest absolute Gasteiger partial charge is 0.383 e. The predicted octanol–water partition coefficient (Wildman–Crippen LogP) is 2.03. The van der Waals surface area contributed by atoms with Gasteiger partial charge in [-0.1, -0.05) is 12.8 Å². The average molecular weight is 374 g/mol. The molecule has 2 fully saturated rings. The molecule has 0 spiro atoms. The van der Waals surface area contributed by atoms with Crippen LogP contribution in [0.2, 0.25) is 0 Å². The number of carbonyl (C=O) groups excluding carboxylic acids is 2. The average Bonchev–Trinajstić information content (AvgIpc) is 3.33. The van der Waals surface area contributed by atoms with E-state index in [4.69, 9.17) is 4.74 Å². The molecular weight excluding hydrogens is 344 g/mol. The Morgan fingerprint density at radius 1 is 1.33 bits per heavy atom. The summed E-state index contributed by atoms with van der Waals surface area (Å²) in [6.07, 6.45) is 8.69. The lowest BCUT2D eigenvalue weighted by Crippen LogP contribution is -2.43. The minimum Gasteiger partial charge on any atom is -0.383 e. The standard InChI is InChI=1S/C20H30N4O3/c1-27-11-10-23(14-16-6-8-21-9-7-16)20(26)22-13-17-12-19(25)24(15-17)18-4-2-3-5-18/h6-9,17-18H,2-5,10-15H2,1H3,(H,22,26)/t17-/m0/s1. The molecule has 3 amide bonds. The molecule has 1 saturated carbocycles. The molecule has 7 heteroatoms. The van der Waals surface area contributed by atoms with Crippen LogP contribution in [-0.4, -0.2) is 66.1 Å². The molecule has 27 heavy (non-hydrogen) atoms. The molecule has 1 aromatic rings. The summed E-state index contributed by atoms with van der Waals surface area (Å²) in [5, 5.41) is 3.02. The van der Waals surface area contributed by atoms with E-state index in [1.165, 1.54) is 12.8 Å². The number of urea groups is 1. The van der Waals surface area contributed by atoms with Crippen molar-refractivity contribution in [3.63, 3.8) is 0 Å². The lowest BCUT2D eigenvalue weighted by atomic mass is 10.1. The fraction of sp³-hybridized carbons (Fsp3) is 0.650. The summed E-state index contributed by atoms with van der Waals surface area (Å²) in [6.45, 7) is 2.81. The van der Waals surface area contributed by atoms with Crippen LogP contribution in [0.1, 0.15) is 37.7 Å². The van der Waals surface area contributed by atoms with Crippen LogP contribution in [0.4, 0.5) is 4.79 Å². The summed E-state index contributed by atoms with van der Waals surface area (Å²) in [5.74, 6) is 0.446. The molecule has 148 valence electrons. The minimum atomic E-state index is -0.115. The second kappa shape index (κ2) is 9.69. The highest BCUT2D eigenvalue weighted by Gasteiger charge is 2.35. The maximum absolute atomic E-state index is 12.7. The summed E-state index contributed by atoms with van der Waals surface area (Å²) < 4.78 is 5.14. The Balaban J connectivity index is 1.50. The van der Waals surface area contributed by atoms with Crippen molar-refractivity contribution in [3.05, 3.63) is 30.1 Å². The summed E-state index contributed by atoms with van der Waals surface area (Å²) >= 11 is 0. The number of hydrogen-bond donors (Lipinski definition) is 1. The Kier molecular flexibility index (Phi) is 7.04. The molecule has 1 aliphatic carbocycles. The summed E-state index contributed by atoms with van der Waals surface area (Å²) in [5.41, 5.74) is 1.03. The van der Waals surface area contributed by atoms with Gasteiger partial charge in [0.05, 0.1) is 6.61 Å². The summed E-state index contributed by atoms with van der Waals surface area (Å²) in [6, 6.07) is 4.11. The number of hydrogen-bond acceptors (Lipinski definition) is 4. The van der Waals surface area contributed by atoms with Gasteiger partial charge in [0.25, 0.3) is 0 Å². The maximum atomic E-state index is 12.7. The highest BCUT2D eigenvalue weighted by Crippen LogP contribution is 2.29. The van der Waals surface area contributed by atoms with Gasteiger partial charge in [-0.25, -0.2) is 4.79 Å². The predicted molar refractivity (Wildman–Crippen MR) is 102 cm³/mol. The lowest BCUT2D eigenvalue weighted by Gasteiger charge is -2.25. The van der Waals surface area contributed by atoms with Crippen molar-refractivity contribution in [2.45, 2.75) is 44.7 Å². The van der Waals surface area contributed by atoms with Crippen LogP contribution in [0.5, 0.6) is 0 Å². The van der Waals surface area contributed by atoms with Crippen LogP contribution in [-0.2, 0) is 16.1 Å². The second-order valence-electron chi connectivity index (χ2n) is 7.51. The molecule has 1 atom stereocenters. The van der Waals surface area contributed by atoms with E-state index in [2.05, 4.69) is 10.3 Å². The number of rotatable bonds is 8. The van der Waals surface area contributed by atoms with E-state index >= 15 is 0 Å². The first kappa shape index (κ1) is 19.6. The molecule has 3 rings (SSSR count). The van der Waals surface area contributed by atoms with E-state index in [0.717, 1.165) is 24.9 Å². The van der Waals surface area contributed by atoms with Crippen LogP contribution in [0.25, 0.3) is 0 Å². The molecule has 2 heterocycles. The highest BCUT2D eigenvalue weighted by molar-refractivity contribution is 5.79. The molecule has 7 nitrogen and oxygen atoms in total. The van der Waals surface area contributed by atoms with E-state index in [1.54, 1.807) is 24.4 Å². The summed E-state index contributed by atoms with van der Waals surface area (Å²) in [4.78, 5) is 32.8. The first-order valence-corrected chi connectivity index (χ1v) is 9.87. The van der Waals surface area contributed by atoms with Crippen molar-refractivity contribution in [3.8, 4) is 0 Å². The van der Waals surface area contributed by atoms with Crippen molar-refractivity contribution < 1.29 is 14.3 Å². The molecule has 0 unspecified atom stereocenters. The van der Waals surface area contributed by atoms with Crippen molar-refractivity contribution >= 4 is 11.9 Å². The fourth-order valence-electron chi connectivity index (χ4n) is 4.02. The molecule has 2 aliphatic rings. The van der Waals surface area contributed by atoms with Gasteiger partial charge in [0.2, 0.25) is 5.91 Å². The van der Waals surface area contributed by atoms with Crippen LogP contribution < -0.4 is 5.32 Å². The Labute approximate surface area is 161 Å². The van der Waals surface area contributed by atoms with Gasteiger partial charge >= 0.3 is 6.03 Å². The molecular formula is C20H30N4O3. The van der Waals surface area contributed by atoms with E-state index in [-0.39, 0.29) is 17.9 Å². The van der Waals surface area contributed by atoms with Crippen LogP contribution in [0.3, 0.4) is 0 Å². The first-order valence-electron chi connectivity index (χ1n) is 9.87. The van der Waals surface area contributed by atoms with Gasteiger partial charge < -0.3 is 19.9 Å². The number of nitrogens with one attached hydrogen (secondary N) is 1. The SMILES string of the molecule is COCCN(Cc1ccncc1)C(=O)NC[C@@H]1CC(=O)N(C2CCCC2)C1. The molecule has 0 radical (unpaired) electrons. The fourth-order valence-corrected chi connectivity index (χ4v) is 4.02. The smallest absolute Gasteiger partial charge is 0.317 e. The quantitative estimate of drug-likeness (QED) is 0.756. The van der Waals surface area contributed by atoms with Crippen molar-refractivity contribution in [2.24, 2.45) is 5.92 Å². The molecule has 1 aromatic heterocycles. The normalized spacial score (nSPS) is 20.3. The molecule has 0 bridgehead atoms. The number of pyridine rings is 1. The van der Waals surface area contributed by atoms with E-state index in [1.807, 2.05) is 17.0 Å². The van der Waals surface area contributed by atoms with Gasteiger partial charge in [-0.3, -0.25) is 9.78 Å². The number of amides is 3. The van der Waals surface area contributed by atoms with Crippen LogP contribution in [0, 0.1) is 5.92 Å². The number of aromatic nitrogens is 1. The Morgan fingerprint density at radius 2 is 2.07 bits per heavy atom. The second-order valence-corrected chi connectivity index (χ2v) is 7.51. The summed E-state index contributed by atoms with van der Waals surface area (Å²) in [7, 11) is 1.63. The lowest BCUT2D eigenvalue weighted by molar-refractivity contribution is -0.129. The van der Waals surface area contributed by atoms with Gasteiger partial charge in [-0.2, -0.15) is 0 Å². The van der Waals surface area contributed by atoms with Crippen molar-refractivity contribution in [1.82, 2.24) is 20.1 Å². The third-order valence-corrected chi connectivity index (χ3v) is 5.52. The molecule has 0 aromatic carbocycles. The van der Waals surface area contributed by atoms with Gasteiger partial charge in [0, 0.05) is 64.1 Å². The van der Waals surface area contributed by atoms with E-state index < -0.39 is 0 Å². The zero-order valence-electron chi connectivity index (χ0n) is 16.1. The van der Waals surface area contributed by atoms with Crippen LogP contribution >= 0.6 is 0 Å². The number of carbonyl (C=O) groups is 2. The van der Waals surface area contributed by atoms with Gasteiger partial charge in [0.15, 0.2) is 0 Å². The van der Waals surface area contributed by atoms with Gasteiger partial charge in [0.1, 0.15) is 0 Å². The zero-order chi connectivity index (χ0) is 19.1. The Bertz CT molecular complexity index is 619. The van der Waals surface area contributed by atoms with Gasteiger partial charge in [-0.05, 0) is 30.5 Å². The monoisotopic (exact) mass is 374 g/mol. The van der Waals surface area contributed by atoms with Crippen molar-refractivity contribution in [1.29, 1.82) is 0 Å². The molecule has 1 saturated heterocycles. The van der Waals surface area contributed by atoms with E-state index in [0.29, 0.717) is 38.7 Å². The number of ether oxygens (including phenoxy) is 1. The van der Waals surface area contributed by atoms with E-state index in [9.17, 15) is 9.59 Å². The topological polar surface area (TPSA) is 74.8 Å². The Hall–Kier alpha value is -2.15. The first-order chi connectivity index (χ1) is 13.2. The number of methoxy groups -OCH3 is 1. The molecule has 1 N–H and O–H groups in total. The van der Waals surface area contributed by atoms with Crippen molar-refractivity contribution in [2.75, 3.05) is 33.4 Å². The zero-order valence-corrected chi connectivity index (χ0v) is 16.1. The van der Waals surface area contributed by atoms with Crippen LogP contribution in [0.15, 0.2) is 24.5 Å². The Morgan fingerprint density at radius 3 is 2.78 bits per heavy atom.